The number of pyridine rings is 1. The minimum atomic E-state index is 0.610. The van der Waals surface area contributed by atoms with Crippen molar-refractivity contribution in [3.8, 4) is 0 Å². The molecule has 0 radical (unpaired) electrons. The van der Waals surface area contributed by atoms with E-state index in [1.54, 1.807) is 0 Å². The zero-order valence-electron chi connectivity index (χ0n) is 10.8. The van der Waals surface area contributed by atoms with Gasteiger partial charge < -0.3 is 5.32 Å². The normalized spacial score (nSPS) is 26.6. The minimum Gasteiger partial charge on any atom is -0.316 e. The van der Waals surface area contributed by atoms with Gasteiger partial charge in [0.25, 0.3) is 0 Å². The van der Waals surface area contributed by atoms with Crippen molar-refractivity contribution in [2.45, 2.75) is 44.6 Å². The van der Waals surface area contributed by atoms with Gasteiger partial charge >= 0.3 is 0 Å². The number of nitrogens with zero attached hydrogens (tertiary/aromatic N) is 1. The van der Waals surface area contributed by atoms with Crippen molar-refractivity contribution in [1.29, 1.82) is 0 Å². The van der Waals surface area contributed by atoms with Crippen molar-refractivity contribution in [2.24, 2.45) is 11.8 Å². The molecular formula is C15H22N2. The quantitative estimate of drug-likeness (QED) is 0.860. The predicted octanol–water partition coefficient (Wildman–Crippen LogP) is 2.75. The third kappa shape index (κ3) is 1.99. The van der Waals surface area contributed by atoms with E-state index in [4.69, 9.17) is 0 Å². The molecule has 0 saturated heterocycles. The highest BCUT2D eigenvalue weighted by molar-refractivity contribution is 5.30. The first kappa shape index (κ1) is 11.2. The van der Waals surface area contributed by atoms with Crippen LogP contribution in [-0.4, -0.2) is 18.1 Å². The summed E-state index contributed by atoms with van der Waals surface area (Å²) in [5.74, 6) is 2.38. The Morgan fingerprint density at radius 1 is 1.35 bits per heavy atom. The Kier molecular flexibility index (Phi) is 2.91. The largest absolute Gasteiger partial charge is 0.316 e. The van der Waals surface area contributed by atoms with Crippen LogP contribution in [0.2, 0.25) is 0 Å². The number of rotatable bonds is 4. The fourth-order valence-corrected chi connectivity index (χ4v) is 3.54. The maximum atomic E-state index is 4.63. The summed E-state index contributed by atoms with van der Waals surface area (Å²) in [4.78, 5) is 4.63. The molecule has 0 amide bonds. The summed E-state index contributed by atoms with van der Waals surface area (Å²) >= 11 is 0. The molecule has 2 aliphatic carbocycles. The van der Waals surface area contributed by atoms with E-state index in [0.29, 0.717) is 12.0 Å². The number of aryl methyl sites for hydroxylation is 1. The highest BCUT2D eigenvalue weighted by Gasteiger charge is 2.39. The molecule has 92 valence electrons. The molecule has 0 aromatic carbocycles. The van der Waals surface area contributed by atoms with Crippen molar-refractivity contribution < 1.29 is 0 Å². The van der Waals surface area contributed by atoms with Crippen LogP contribution in [0.1, 0.15) is 43.4 Å². The van der Waals surface area contributed by atoms with Gasteiger partial charge in [0.05, 0.1) is 0 Å². The van der Waals surface area contributed by atoms with Crippen molar-refractivity contribution in [1.82, 2.24) is 10.3 Å². The van der Waals surface area contributed by atoms with Gasteiger partial charge in [0.2, 0.25) is 0 Å². The van der Waals surface area contributed by atoms with Gasteiger partial charge in [0.1, 0.15) is 0 Å². The standard InChI is InChI=1S/C15H22N2/c1-10(11-5-6-11)14(16-2)13-8-7-12-4-3-9-17-15(12)13/h3-4,9-11,13-14,16H,5-8H2,1-2H3. The van der Waals surface area contributed by atoms with Gasteiger partial charge in [-0.25, -0.2) is 0 Å². The van der Waals surface area contributed by atoms with E-state index in [-0.39, 0.29) is 0 Å². The van der Waals surface area contributed by atoms with Crippen LogP contribution >= 0.6 is 0 Å². The lowest BCUT2D eigenvalue weighted by Crippen LogP contribution is -2.38. The Morgan fingerprint density at radius 2 is 2.18 bits per heavy atom. The molecule has 3 unspecified atom stereocenters. The first-order chi connectivity index (χ1) is 8.31. The van der Waals surface area contributed by atoms with Gasteiger partial charge in [-0.15, -0.1) is 0 Å². The van der Waals surface area contributed by atoms with Crippen molar-refractivity contribution in [3.05, 3.63) is 29.6 Å². The lowest BCUT2D eigenvalue weighted by molar-refractivity contribution is 0.307. The summed E-state index contributed by atoms with van der Waals surface area (Å²) in [6.07, 6.45) is 7.30. The third-order valence-electron chi connectivity index (χ3n) is 4.70. The van der Waals surface area contributed by atoms with Crippen molar-refractivity contribution in [3.63, 3.8) is 0 Å². The molecule has 2 aliphatic rings. The number of hydrogen-bond acceptors (Lipinski definition) is 2. The Hall–Kier alpha value is -0.890. The van der Waals surface area contributed by atoms with E-state index in [1.807, 2.05) is 6.20 Å². The molecule has 3 atom stereocenters. The number of nitrogens with one attached hydrogen (secondary N) is 1. The third-order valence-corrected chi connectivity index (χ3v) is 4.70. The maximum Gasteiger partial charge on any atom is 0.0482 e. The molecule has 17 heavy (non-hydrogen) atoms. The van der Waals surface area contributed by atoms with Crippen LogP contribution in [0.3, 0.4) is 0 Å². The first-order valence-corrected chi connectivity index (χ1v) is 6.92. The molecular weight excluding hydrogens is 208 g/mol. The smallest absolute Gasteiger partial charge is 0.0482 e. The van der Waals surface area contributed by atoms with E-state index in [0.717, 1.165) is 11.8 Å². The van der Waals surface area contributed by atoms with E-state index in [1.165, 1.54) is 36.9 Å². The maximum absolute atomic E-state index is 4.63. The Morgan fingerprint density at radius 3 is 2.88 bits per heavy atom. The highest BCUT2D eigenvalue weighted by Crippen LogP contribution is 2.44. The number of likely N-dealkylation sites (N-methyl/N-ethyl adjacent to an activating group) is 1. The Labute approximate surface area is 104 Å². The second-order valence-corrected chi connectivity index (χ2v) is 5.70. The van der Waals surface area contributed by atoms with Crippen LogP contribution in [0, 0.1) is 11.8 Å². The summed E-state index contributed by atoms with van der Waals surface area (Å²) in [5.41, 5.74) is 2.83. The van der Waals surface area contributed by atoms with Crippen LogP contribution < -0.4 is 5.32 Å². The molecule has 1 saturated carbocycles. The van der Waals surface area contributed by atoms with Gasteiger partial charge in [-0.05, 0) is 56.2 Å². The summed E-state index contributed by atoms with van der Waals surface area (Å²) < 4.78 is 0. The lowest BCUT2D eigenvalue weighted by atomic mass is 9.85. The molecule has 2 nitrogen and oxygen atoms in total. The molecule has 2 heteroatoms. The van der Waals surface area contributed by atoms with Gasteiger partial charge in [0, 0.05) is 23.9 Å². The van der Waals surface area contributed by atoms with E-state index >= 15 is 0 Å². The number of fused-ring (bicyclic) bond motifs is 1. The predicted molar refractivity (Wildman–Crippen MR) is 70.0 cm³/mol. The second kappa shape index (κ2) is 4.41. The van der Waals surface area contributed by atoms with Crippen LogP contribution in [0.25, 0.3) is 0 Å². The van der Waals surface area contributed by atoms with E-state index < -0.39 is 0 Å². The molecule has 0 spiro atoms. The van der Waals surface area contributed by atoms with E-state index in [2.05, 4.69) is 36.4 Å². The fourth-order valence-electron chi connectivity index (χ4n) is 3.54. The van der Waals surface area contributed by atoms with E-state index in [9.17, 15) is 0 Å². The summed E-state index contributed by atoms with van der Waals surface area (Å²) in [5, 5.41) is 3.57. The summed E-state index contributed by atoms with van der Waals surface area (Å²) in [6, 6.07) is 4.93. The second-order valence-electron chi connectivity index (χ2n) is 5.70. The molecule has 0 aliphatic heterocycles. The van der Waals surface area contributed by atoms with Crippen molar-refractivity contribution >= 4 is 0 Å². The molecule has 1 fully saturated rings. The fraction of sp³-hybridized carbons (Fsp3) is 0.667. The molecule has 1 N–H and O–H groups in total. The van der Waals surface area contributed by atoms with Crippen LogP contribution in [0.5, 0.6) is 0 Å². The first-order valence-electron chi connectivity index (χ1n) is 6.92. The van der Waals surface area contributed by atoms with Gasteiger partial charge in [0.15, 0.2) is 0 Å². The van der Waals surface area contributed by atoms with Crippen LogP contribution in [0.4, 0.5) is 0 Å². The average Bonchev–Trinajstić information content (AvgIpc) is 3.13. The SMILES string of the molecule is CNC(C1CCc2cccnc21)C(C)C1CC1. The molecule has 1 aromatic heterocycles. The van der Waals surface area contributed by atoms with Gasteiger partial charge in [-0.1, -0.05) is 13.0 Å². The van der Waals surface area contributed by atoms with Gasteiger partial charge in [-0.2, -0.15) is 0 Å². The van der Waals surface area contributed by atoms with Crippen LogP contribution in [0.15, 0.2) is 18.3 Å². The highest BCUT2D eigenvalue weighted by atomic mass is 14.9. The lowest BCUT2D eigenvalue weighted by Gasteiger charge is -2.29. The molecule has 1 heterocycles. The van der Waals surface area contributed by atoms with Crippen LogP contribution in [-0.2, 0) is 6.42 Å². The number of hydrogen-bond donors (Lipinski definition) is 1. The summed E-state index contributed by atoms with van der Waals surface area (Å²) in [7, 11) is 2.12. The summed E-state index contributed by atoms with van der Waals surface area (Å²) in [6.45, 7) is 2.42. The molecule has 3 rings (SSSR count). The number of aromatic nitrogens is 1. The van der Waals surface area contributed by atoms with Crippen molar-refractivity contribution in [2.75, 3.05) is 7.05 Å². The molecule has 0 bridgehead atoms. The monoisotopic (exact) mass is 230 g/mol. The molecule has 1 aromatic rings. The Bertz CT molecular complexity index is 398. The van der Waals surface area contributed by atoms with Gasteiger partial charge in [-0.3, -0.25) is 4.98 Å². The minimum absolute atomic E-state index is 0.610. The topological polar surface area (TPSA) is 24.9 Å². The Balaban J connectivity index is 1.83. The zero-order valence-corrected chi connectivity index (χ0v) is 10.8. The zero-order chi connectivity index (χ0) is 11.8. The average molecular weight is 230 g/mol.